The summed E-state index contributed by atoms with van der Waals surface area (Å²) < 4.78 is 0. The van der Waals surface area contributed by atoms with Gasteiger partial charge in [0, 0.05) is 18.4 Å². The average Bonchev–Trinajstić information content (AvgIpc) is 1.63. The zero-order valence-corrected chi connectivity index (χ0v) is 14.2. The van der Waals surface area contributed by atoms with Gasteiger partial charge in [-0.2, -0.15) is 0 Å². The van der Waals surface area contributed by atoms with Gasteiger partial charge in [0.1, 0.15) is 0 Å². The second-order valence-electron chi connectivity index (χ2n) is 1.50. The van der Waals surface area contributed by atoms with Crippen molar-refractivity contribution in [3.05, 3.63) is 0 Å². The first kappa shape index (κ1) is 36.0. The van der Waals surface area contributed by atoms with Crippen molar-refractivity contribution >= 4 is 11.9 Å². The summed E-state index contributed by atoms with van der Waals surface area (Å²) in [4.78, 5) is 19.3. The maximum absolute atomic E-state index is 9.71. The molecule has 0 amide bonds. The standard InChI is InChI=1S/C4H7NO4.2K.3H2O/c5-2(4(8)9)1-3(6)7;;;;;/h2H,1,5H2,(H,6,7)(H,8,9);;;3*1H2/q;2*+1;;;/p-2/t2-;;;;;/m0...../s1. The molecule has 1 atom stereocenters. The third-order valence-electron chi connectivity index (χ3n) is 0.689. The fourth-order valence-corrected chi connectivity index (χ4v) is 0.263. The van der Waals surface area contributed by atoms with E-state index in [0.717, 1.165) is 0 Å². The van der Waals surface area contributed by atoms with Gasteiger partial charge < -0.3 is 42.0 Å². The number of nitrogens with two attached hydrogens (primary N) is 1. The van der Waals surface area contributed by atoms with E-state index in [1.807, 2.05) is 0 Å². The molecule has 76 valence electrons. The zero-order valence-electron chi connectivity index (χ0n) is 7.99. The van der Waals surface area contributed by atoms with E-state index in [-0.39, 0.29) is 119 Å². The van der Waals surface area contributed by atoms with Crippen molar-refractivity contribution in [2.45, 2.75) is 12.5 Å². The number of hydrogen-bond acceptors (Lipinski definition) is 5. The van der Waals surface area contributed by atoms with E-state index < -0.39 is 24.4 Å². The van der Waals surface area contributed by atoms with Crippen molar-refractivity contribution in [1.82, 2.24) is 0 Å². The summed E-state index contributed by atoms with van der Waals surface area (Å²) in [5.41, 5.74) is 4.73. The van der Waals surface area contributed by atoms with Crippen LogP contribution in [0.1, 0.15) is 6.42 Å². The maximum Gasteiger partial charge on any atom is 1.00 e. The van der Waals surface area contributed by atoms with Crippen LogP contribution in [0.3, 0.4) is 0 Å². The number of rotatable bonds is 3. The quantitative estimate of drug-likeness (QED) is 0.491. The van der Waals surface area contributed by atoms with E-state index in [4.69, 9.17) is 5.73 Å². The fraction of sp³-hybridized carbons (Fsp3) is 0.500. The van der Waals surface area contributed by atoms with Crippen LogP contribution in [0.5, 0.6) is 0 Å². The molecule has 0 saturated heterocycles. The SMILES string of the molecule is N[C@@H](CC(=O)[O-])C(=O)[O-].O.O.O.[K+].[K+]. The number of carboxylic acid groups (broad SMARTS) is 2. The molecule has 0 radical (unpaired) electrons. The molecule has 10 heteroatoms. The van der Waals surface area contributed by atoms with Gasteiger partial charge in [0.15, 0.2) is 0 Å². The molecule has 0 aromatic heterocycles. The number of aliphatic carboxylic acids is 2. The molecule has 0 aromatic rings. The summed E-state index contributed by atoms with van der Waals surface area (Å²) >= 11 is 0. The number of hydrogen-bond donors (Lipinski definition) is 1. The summed E-state index contributed by atoms with van der Waals surface area (Å²) in [5.74, 6) is -3.08. The molecule has 0 rings (SSSR count). The van der Waals surface area contributed by atoms with Gasteiger partial charge in [0.25, 0.3) is 0 Å². The summed E-state index contributed by atoms with van der Waals surface area (Å²) in [6.07, 6.45) is -0.706. The second kappa shape index (κ2) is 20.5. The predicted molar refractivity (Wildman–Crippen MR) is 33.4 cm³/mol. The summed E-state index contributed by atoms with van der Waals surface area (Å²) in [5, 5.41) is 19.3. The normalized spacial score (nSPS) is 8.07. The summed E-state index contributed by atoms with van der Waals surface area (Å²) in [6.45, 7) is 0. The third kappa shape index (κ3) is 23.7. The predicted octanol–water partition coefficient (Wildman–Crippen LogP) is -12.3. The van der Waals surface area contributed by atoms with Crippen molar-refractivity contribution < 1.29 is 139 Å². The number of carbonyl (C=O) groups excluding carboxylic acids is 2. The molecule has 8 nitrogen and oxygen atoms in total. The molecule has 14 heavy (non-hydrogen) atoms. The molecular weight excluding hydrogens is 252 g/mol. The van der Waals surface area contributed by atoms with Crippen molar-refractivity contribution in [2.24, 2.45) is 5.73 Å². The van der Waals surface area contributed by atoms with E-state index in [9.17, 15) is 19.8 Å². The largest absolute Gasteiger partial charge is 1.00 e. The molecule has 0 fully saturated rings. The Morgan fingerprint density at radius 2 is 1.36 bits per heavy atom. The Hall–Kier alpha value is 2.05. The van der Waals surface area contributed by atoms with Crippen LogP contribution >= 0.6 is 0 Å². The van der Waals surface area contributed by atoms with Gasteiger partial charge in [-0.1, -0.05) is 0 Å². The minimum Gasteiger partial charge on any atom is -0.550 e. The Balaban J connectivity index is -0.0000000320. The van der Waals surface area contributed by atoms with E-state index in [1.165, 1.54) is 0 Å². The van der Waals surface area contributed by atoms with Crippen LogP contribution in [0.2, 0.25) is 0 Å². The summed E-state index contributed by atoms with van der Waals surface area (Å²) in [7, 11) is 0. The molecular formula is C4H11K2NO7. The van der Waals surface area contributed by atoms with Crippen LogP contribution in [0.15, 0.2) is 0 Å². The van der Waals surface area contributed by atoms with E-state index in [0.29, 0.717) is 0 Å². The minimum absolute atomic E-state index is 0. The molecule has 0 aliphatic heterocycles. The van der Waals surface area contributed by atoms with Crippen LogP contribution in [0, 0.1) is 0 Å². The van der Waals surface area contributed by atoms with Crippen LogP contribution < -0.4 is 119 Å². The van der Waals surface area contributed by atoms with Crippen molar-refractivity contribution in [2.75, 3.05) is 0 Å². The van der Waals surface area contributed by atoms with Gasteiger partial charge in [-0.15, -0.1) is 0 Å². The first-order chi connectivity index (χ1) is 4.04. The minimum atomic E-state index is -1.58. The Labute approximate surface area is 165 Å². The molecule has 0 spiro atoms. The molecule has 0 aliphatic rings. The number of carboxylic acids is 2. The van der Waals surface area contributed by atoms with Crippen LogP contribution in [0.4, 0.5) is 0 Å². The average molecular weight is 263 g/mol. The molecule has 0 saturated carbocycles. The van der Waals surface area contributed by atoms with E-state index in [2.05, 4.69) is 0 Å². The molecule has 0 bridgehead atoms. The topological polar surface area (TPSA) is 201 Å². The number of carbonyl (C=O) groups is 2. The first-order valence-corrected chi connectivity index (χ1v) is 2.20. The molecule has 8 N–H and O–H groups in total. The fourth-order valence-electron chi connectivity index (χ4n) is 0.263. The molecule has 0 heterocycles. The van der Waals surface area contributed by atoms with Crippen LogP contribution in [-0.4, -0.2) is 34.4 Å². The molecule has 0 aliphatic carbocycles. The Bertz CT molecular complexity index is 144. The molecule has 0 unspecified atom stereocenters. The van der Waals surface area contributed by atoms with Gasteiger partial charge in [0.2, 0.25) is 0 Å². The second-order valence-corrected chi connectivity index (χ2v) is 1.50. The summed E-state index contributed by atoms with van der Waals surface area (Å²) in [6, 6.07) is -1.46. The van der Waals surface area contributed by atoms with Crippen LogP contribution in [-0.2, 0) is 9.59 Å². The smallest absolute Gasteiger partial charge is 0.550 e. The maximum atomic E-state index is 9.71. The van der Waals surface area contributed by atoms with Gasteiger partial charge in [-0.05, 0) is 0 Å². The van der Waals surface area contributed by atoms with Gasteiger partial charge in [-0.25, -0.2) is 0 Å². The van der Waals surface area contributed by atoms with E-state index >= 15 is 0 Å². The van der Waals surface area contributed by atoms with Crippen molar-refractivity contribution in [3.63, 3.8) is 0 Å². The first-order valence-electron chi connectivity index (χ1n) is 2.20. The van der Waals surface area contributed by atoms with Gasteiger partial charge >= 0.3 is 103 Å². The van der Waals surface area contributed by atoms with E-state index in [1.54, 1.807) is 0 Å². The van der Waals surface area contributed by atoms with Gasteiger partial charge in [0.05, 0.1) is 5.97 Å². The van der Waals surface area contributed by atoms with Crippen molar-refractivity contribution in [1.29, 1.82) is 0 Å². The van der Waals surface area contributed by atoms with Gasteiger partial charge in [-0.3, -0.25) is 0 Å². The Morgan fingerprint density at radius 1 is 1.07 bits per heavy atom. The molecule has 0 aromatic carbocycles. The third-order valence-corrected chi connectivity index (χ3v) is 0.689. The Kier molecular flexibility index (Phi) is 52.6. The van der Waals surface area contributed by atoms with Crippen LogP contribution in [0.25, 0.3) is 0 Å². The monoisotopic (exact) mass is 263 g/mol. The van der Waals surface area contributed by atoms with Crippen molar-refractivity contribution in [3.8, 4) is 0 Å². The zero-order chi connectivity index (χ0) is 7.44. The Morgan fingerprint density at radius 3 is 1.43 bits per heavy atom.